The van der Waals surface area contributed by atoms with Gasteiger partial charge in [0.05, 0.1) is 5.56 Å². The number of esters is 1. The van der Waals surface area contributed by atoms with E-state index in [1.807, 2.05) is 30.3 Å². The van der Waals surface area contributed by atoms with Crippen LogP contribution in [-0.4, -0.2) is 12.7 Å². The van der Waals surface area contributed by atoms with Crippen molar-refractivity contribution in [2.45, 2.75) is 137 Å². The molecule has 5 heteroatoms. The predicted molar refractivity (Wildman–Crippen MR) is 293 cm³/mol. The maximum atomic E-state index is 14.9. The van der Waals surface area contributed by atoms with Crippen LogP contribution in [0.4, 0.5) is 34.1 Å². The average Bonchev–Trinajstić information content (AvgIpc) is 3.31. The van der Waals surface area contributed by atoms with Crippen LogP contribution in [0.25, 0.3) is 11.1 Å². The highest BCUT2D eigenvalue weighted by molar-refractivity contribution is 7.00. The maximum absolute atomic E-state index is 14.9. The van der Waals surface area contributed by atoms with E-state index < -0.39 is 0 Å². The first-order valence-electron chi connectivity index (χ1n) is 25.3. The van der Waals surface area contributed by atoms with Crippen molar-refractivity contribution < 1.29 is 9.53 Å². The standard InChI is InChI=1S/C64H69BN2O2/c1-61(2,3)47-34-48(62(4,5)6)37-51(36-47)66-55-28-27-45(42-23-17-14-18-24-42)30-53(55)65-54-29-43-25-19-20-26-44(43)31-56(54)67(52-38-49(63(7,8)9)35-50(39-52)64(10,11)12)58-33-46(32-57(66)59(58)65)60(68)69-40-41-21-15-13-16-22-41/h13-18,21-24,27-39H,19-20,25-26,40H2,1-12H3. The number of anilines is 6. The van der Waals surface area contributed by atoms with Crippen LogP contribution in [-0.2, 0) is 45.8 Å². The third-order valence-electron chi connectivity index (χ3n) is 14.9. The van der Waals surface area contributed by atoms with E-state index in [9.17, 15) is 4.79 Å². The molecule has 2 heterocycles. The molecule has 3 aliphatic rings. The summed E-state index contributed by atoms with van der Waals surface area (Å²) in [5, 5.41) is 0. The van der Waals surface area contributed by atoms with Crippen molar-refractivity contribution >= 4 is 63.2 Å². The van der Waals surface area contributed by atoms with Gasteiger partial charge in [-0.2, -0.15) is 0 Å². The summed E-state index contributed by atoms with van der Waals surface area (Å²) >= 11 is 0. The Kier molecular flexibility index (Phi) is 11.4. The highest BCUT2D eigenvalue weighted by Gasteiger charge is 2.45. The van der Waals surface area contributed by atoms with Crippen LogP contribution in [0.5, 0.6) is 0 Å². The van der Waals surface area contributed by atoms with Gasteiger partial charge in [0.15, 0.2) is 0 Å². The normalized spacial score (nSPS) is 14.5. The molecule has 0 amide bonds. The summed E-state index contributed by atoms with van der Waals surface area (Å²) in [4.78, 5) is 19.9. The summed E-state index contributed by atoms with van der Waals surface area (Å²) in [6, 6.07) is 51.7. The quantitative estimate of drug-likeness (QED) is 0.123. The fourth-order valence-electron chi connectivity index (χ4n) is 10.7. The summed E-state index contributed by atoms with van der Waals surface area (Å²) in [5.74, 6) is -0.339. The lowest BCUT2D eigenvalue weighted by atomic mass is 9.33. The number of ether oxygens (including phenoxy) is 1. The van der Waals surface area contributed by atoms with Crippen LogP contribution in [0, 0.1) is 0 Å². The lowest BCUT2D eigenvalue weighted by Crippen LogP contribution is -2.61. The Labute approximate surface area is 412 Å². The number of hydrogen-bond donors (Lipinski definition) is 0. The predicted octanol–water partition coefficient (Wildman–Crippen LogP) is 14.9. The number of carbonyl (C=O) groups excluding carboxylic acids is 1. The van der Waals surface area contributed by atoms with Crippen molar-refractivity contribution in [2.75, 3.05) is 9.80 Å². The summed E-state index contributed by atoms with van der Waals surface area (Å²) in [6.45, 7) is 27.8. The fourth-order valence-corrected chi connectivity index (χ4v) is 10.7. The minimum atomic E-state index is -0.339. The van der Waals surface area contributed by atoms with Crippen LogP contribution in [0.2, 0.25) is 0 Å². The van der Waals surface area contributed by atoms with E-state index in [0.29, 0.717) is 5.56 Å². The zero-order valence-electron chi connectivity index (χ0n) is 43.1. The second-order valence-corrected chi connectivity index (χ2v) is 24.2. The maximum Gasteiger partial charge on any atom is 0.338 e. The Hall–Kier alpha value is -6.33. The first kappa shape index (κ1) is 46.4. The molecule has 0 unspecified atom stereocenters. The minimum Gasteiger partial charge on any atom is -0.457 e. The molecule has 1 aliphatic carbocycles. The Bertz CT molecular complexity index is 3060. The lowest BCUT2D eigenvalue weighted by Gasteiger charge is -2.45. The monoisotopic (exact) mass is 909 g/mol. The third kappa shape index (κ3) is 8.72. The van der Waals surface area contributed by atoms with E-state index in [1.54, 1.807) is 0 Å². The molecule has 0 saturated carbocycles. The van der Waals surface area contributed by atoms with Gasteiger partial charge in [0.1, 0.15) is 6.61 Å². The van der Waals surface area contributed by atoms with Gasteiger partial charge in [-0.3, -0.25) is 0 Å². The SMILES string of the molecule is CC(C)(C)c1cc(N2c3ccc(-c4ccccc4)cc3B3c4cc5c(cc4N(c4cc(C(C)(C)C)cc(C(C)(C)C)c4)c4cc(C(=O)OCc6ccccc6)cc2c43)CCCC5)cc(C(C)(C)C)c1. The zero-order chi connectivity index (χ0) is 48.8. The molecule has 7 aromatic rings. The van der Waals surface area contributed by atoms with E-state index in [2.05, 4.69) is 202 Å². The number of nitrogens with zero attached hydrogens (tertiary/aromatic N) is 2. The Balaban J connectivity index is 1.34. The number of hydrogen-bond acceptors (Lipinski definition) is 4. The van der Waals surface area contributed by atoms with Crippen LogP contribution >= 0.6 is 0 Å². The van der Waals surface area contributed by atoms with E-state index >= 15 is 0 Å². The summed E-state index contributed by atoms with van der Waals surface area (Å²) < 4.78 is 6.29. The van der Waals surface area contributed by atoms with Crippen LogP contribution in [0.3, 0.4) is 0 Å². The number of benzene rings is 7. The molecule has 0 radical (unpaired) electrons. The molecule has 350 valence electrons. The van der Waals surface area contributed by atoms with Gasteiger partial charge in [-0.05, 0) is 162 Å². The van der Waals surface area contributed by atoms with Gasteiger partial charge in [0.2, 0.25) is 0 Å². The number of rotatable bonds is 6. The Morgan fingerprint density at radius 2 is 0.942 bits per heavy atom. The van der Waals surface area contributed by atoms with Crippen molar-refractivity contribution in [1.29, 1.82) is 0 Å². The van der Waals surface area contributed by atoms with Gasteiger partial charge in [-0.25, -0.2) is 4.79 Å². The number of fused-ring (bicyclic) bond motifs is 5. The molecule has 0 N–H and O–H groups in total. The van der Waals surface area contributed by atoms with Crippen LogP contribution < -0.4 is 26.2 Å². The molecule has 0 fully saturated rings. The third-order valence-corrected chi connectivity index (χ3v) is 14.9. The zero-order valence-corrected chi connectivity index (χ0v) is 43.1. The summed E-state index contributed by atoms with van der Waals surface area (Å²) in [6.07, 6.45) is 4.52. The topological polar surface area (TPSA) is 32.8 Å². The Morgan fingerprint density at radius 1 is 0.478 bits per heavy atom. The van der Waals surface area contributed by atoms with E-state index in [-0.39, 0.29) is 40.9 Å². The van der Waals surface area contributed by atoms with Gasteiger partial charge in [0.25, 0.3) is 6.71 Å². The fraction of sp³-hybridized carbons (Fsp3) is 0.328. The molecule has 0 bridgehead atoms. The average molecular weight is 909 g/mol. The molecular formula is C64H69BN2O2. The second kappa shape index (κ2) is 17.0. The smallest absolute Gasteiger partial charge is 0.338 e. The molecule has 2 aliphatic heterocycles. The number of aryl methyl sites for hydroxylation is 2. The lowest BCUT2D eigenvalue weighted by molar-refractivity contribution is 0.0472. The van der Waals surface area contributed by atoms with E-state index in [4.69, 9.17) is 4.74 Å². The van der Waals surface area contributed by atoms with Crippen LogP contribution in [0.15, 0.2) is 140 Å². The largest absolute Gasteiger partial charge is 0.457 e. The molecule has 0 saturated heterocycles. The summed E-state index contributed by atoms with van der Waals surface area (Å²) in [7, 11) is 0. The van der Waals surface area contributed by atoms with Crippen molar-refractivity contribution in [3.8, 4) is 11.1 Å². The van der Waals surface area contributed by atoms with Crippen molar-refractivity contribution in [2.24, 2.45) is 0 Å². The highest BCUT2D eigenvalue weighted by atomic mass is 16.5. The van der Waals surface area contributed by atoms with Crippen molar-refractivity contribution in [3.63, 3.8) is 0 Å². The van der Waals surface area contributed by atoms with E-state index in [0.717, 1.165) is 46.8 Å². The molecule has 4 nitrogen and oxygen atoms in total. The van der Waals surface area contributed by atoms with Crippen molar-refractivity contribution in [3.05, 3.63) is 184 Å². The highest BCUT2D eigenvalue weighted by Crippen LogP contribution is 2.48. The Morgan fingerprint density at radius 3 is 1.45 bits per heavy atom. The first-order chi connectivity index (χ1) is 32.6. The van der Waals surface area contributed by atoms with E-state index in [1.165, 1.54) is 79.4 Å². The molecule has 10 rings (SSSR count). The molecule has 0 spiro atoms. The first-order valence-corrected chi connectivity index (χ1v) is 25.3. The molecule has 69 heavy (non-hydrogen) atoms. The van der Waals surface area contributed by atoms with Gasteiger partial charge < -0.3 is 14.5 Å². The van der Waals surface area contributed by atoms with Gasteiger partial charge in [0, 0.05) is 34.1 Å². The van der Waals surface area contributed by atoms with Gasteiger partial charge in [-0.1, -0.05) is 174 Å². The van der Waals surface area contributed by atoms with Gasteiger partial charge in [-0.15, -0.1) is 0 Å². The molecule has 7 aromatic carbocycles. The van der Waals surface area contributed by atoms with Gasteiger partial charge >= 0.3 is 5.97 Å². The molecular weight excluding hydrogens is 840 g/mol. The summed E-state index contributed by atoms with van der Waals surface area (Å²) in [5.41, 5.74) is 21.7. The molecule has 0 atom stereocenters. The molecule has 0 aromatic heterocycles. The van der Waals surface area contributed by atoms with Crippen molar-refractivity contribution in [1.82, 2.24) is 0 Å². The number of carbonyl (C=O) groups is 1. The van der Waals surface area contributed by atoms with Crippen LogP contribution in [0.1, 0.15) is 145 Å². The second-order valence-electron chi connectivity index (χ2n) is 24.2. The minimum absolute atomic E-state index is 0.109.